The number of nitrogens with one attached hydrogen (secondary N) is 1. The lowest BCUT2D eigenvalue weighted by molar-refractivity contribution is 0.0953. The minimum atomic E-state index is -0.0766. The molecule has 6 heteroatoms. The lowest BCUT2D eigenvalue weighted by Gasteiger charge is -2.31. The molecule has 1 fully saturated rings. The van der Waals surface area contributed by atoms with Gasteiger partial charge in [-0.3, -0.25) is 4.79 Å². The second kappa shape index (κ2) is 10.8. The molecule has 32 heavy (non-hydrogen) atoms. The van der Waals surface area contributed by atoms with E-state index in [2.05, 4.69) is 39.2 Å². The third-order valence-corrected chi connectivity index (χ3v) is 5.83. The fraction of sp³-hybridized carbons (Fsp3) is 0.346. The van der Waals surface area contributed by atoms with Gasteiger partial charge in [-0.05, 0) is 61.4 Å². The van der Waals surface area contributed by atoms with Crippen LogP contribution in [-0.2, 0) is 6.42 Å². The average molecular weight is 431 g/mol. The van der Waals surface area contributed by atoms with Crippen LogP contribution in [0, 0.1) is 5.92 Å². The van der Waals surface area contributed by atoms with Gasteiger partial charge in [0.15, 0.2) is 5.82 Å². The van der Waals surface area contributed by atoms with Crippen molar-refractivity contribution in [3.8, 4) is 11.6 Å². The molecule has 0 saturated carbocycles. The van der Waals surface area contributed by atoms with E-state index in [0.717, 1.165) is 50.5 Å². The molecule has 0 atom stereocenters. The van der Waals surface area contributed by atoms with Gasteiger partial charge in [-0.2, -0.15) is 0 Å². The number of carbonyl (C=O) groups is 1. The molecule has 4 rings (SSSR count). The van der Waals surface area contributed by atoms with Crippen LogP contribution in [0.1, 0.15) is 42.1 Å². The van der Waals surface area contributed by atoms with Crippen molar-refractivity contribution in [2.24, 2.45) is 5.92 Å². The minimum Gasteiger partial charge on any atom is -0.436 e. The maximum atomic E-state index is 12.4. The summed E-state index contributed by atoms with van der Waals surface area (Å²) in [6.45, 7) is 4.84. The molecule has 166 valence electrons. The normalized spacial score (nSPS) is 14.2. The topological polar surface area (TPSA) is 67.3 Å². The molecule has 2 aromatic carbocycles. The lowest BCUT2D eigenvalue weighted by atomic mass is 9.99. The Morgan fingerprint density at radius 3 is 2.50 bits per heavy atom. The fourth-order valence-electron chi connectivity index (χ4n) is 3.85. The van der Waals surface area contributed by atoms with Gasteiger partial charge in [0.2, 0.25) is 0 Å². The smallest absolute Gasteiger partial charge is 0.263 e. The Hall–Kier alpha value is -3.41. The van der Waals surface area contributed by atoms with E-state index in [1.807, 2.05) is 18.2 Å². The maximum Gasteiger partial charge on any atom is 0.263 e. The Balaban J connectivity index is 1.31. The van der Waals surface area contributed by atoms with Crippen LogP contribution >= 0.6 is 0 Å². The van der Waals surface area contributed by atoms with Gasteiger partial charge < -0.3 is 15.0 Å². The van der Waals surface area contributed by atoms with Crippen molar-refractivity contribution in [1.29, 1.82) is 0 Å². The number of amides is 1. The third-order valence-electron chi connectivity index (χ3n) is 5.83. The van der Waals surface area contributed by atoms with Crippen LogP contribution in [0.2, 0.25) is 0 Å². The molecule has 0 aliphatic carbocycles. The van der Waals surface area contributed by atoms with E-state index in [0.29, 0.717) is 23.7 Å². The first-order valence-corrected chi connectivity index (χ1v) is 11.3. The fourth-order valence-corrected chi connectivity index (χ4v) is 3.85. The largest absolute Gasteiger partial charge is 0.436 e. The zero-order valence-electron chi connectivity index (χ0n) is 18.5. The SMILES string of the molecule is CC1CCN(c2nccnc2Oc2ccc(C(=O)NCCCc3ccccc3)cc2)CC1. The number of hydrogen-bond acceptors (Lipinski definition) is 5. The average Bonchev–Trinajstić information content (AvgIpc) is 2.84. The van der Waals surface area contributed by atoms with Crippen molar-refractivity contribution < 1.29 is 9.53 Å². The van der Waals surface area contributed by atoms with Crippen LogP contribution in [0.3, 0.4) is 0 Å². The Morgan fingerprint density at radius 2 is 1.75 bits per heavy atom. The van der Waals surface area contributed by atoms with E-state index < -0.39 is 0 Å². The number of rotatable bonds is 8. The molecule has 0 bridgehead atoms. The highest BCUT2D eigenvalue weighted by atomic mass is 16.5. The molecule has 3 aromatic rings. The first-order valence-electron chi connectivity index (χ1n) is 11.3. The molecule has 0 radical (unpaired) electrons. The summed E-state index contributed by atoms with van der Waals surface area (Å²) in [5, 5.41) is 2.99. The summed E-state index contributed by atoms with van der Waals surface area (Å²) >= 11 is 0. The second-order valence-corrected chi connectivity index (χ2v) is 8.33. The zero-order valence-corrected chi connectivity index (χ0v) is 18.5. The van der Waals surface area contributed by atoms with Crippen LogP contribution in [0.4, 0.5) is 5.82 Å². The summed E-state index contributed by atoms with van der Waals surface area (Å²) in [7, 11) is 0. The van der Waals surface area contributed by atoms with Crippen LogP contribution in [-0.4, -0.2) is 35.5 Å². The lowest BCUT2D eigenvalue weighted by Crippen LogP contribution is -2.33. The first-order chi connectivity index (χ1) is 15.7. The van der Waals surface area contributed by atoms with Gasteiger partial charge in [0.25, 0.3) is 11.8 Å². The monoisotopic (exact) mass is 430 g/mol. The highest BCUT2D eigenvalue weighted by Gasteiger charge is 2.21. The molecule has 1 amide bonds. The number of anilines is 1. The molecule has 1 aliphatic rings. The van der Waals surface area contributed by atoms with Crippen LogP contribution in [0.5, 0.6) is 11.6 Å². The van der Waals surface area contributed by atoms with Crippen LogP contribution < -0.4 is 15.0 Å². The van der Waals surface area contributed by atoms with Crippen molar-refractivity contribution >= 4 is 11.7 Å². The minimum absolute atomic E-state index is 0.0766. The quantitative estimate of drug-likeness (QED) is 0.517. The van der Waals surface area contributed by atoms with Crippen molar-refractivity contribution in [1.82, 2.24) is 15.3 Å². The Morgan fingerprint density at radius 1 is 1.03 bits per heavy atom. The second-order valence-electron chi connectivity index (χ2n) is 8.33. The maximum absolute atomic E-state index is 12.4. The summed E-state index contributed by atoms with van der Waals surface area (Å²) in [5.74, 6) is 2.58. The summed E-state index contributed by atoms with van der Waals surface area (Å²) in [6.07, 6.45) is 7.48. The number of benzene rings is 2. The van der Waals surface area contributed by atoms with E-state index in [-0.39, 0.29) is 5.91 Å². The number of hydrogen-bond donors (Lipinski definition) is 1. The van der Waals surface area contributed by atoms with Gasteiger partial charge in [0.05, 0.1) is 0 Å². The predicted octanol–water partition coefficient (Wildman–Crippen LogP) is 4.87. The van der Waals surface area contributed by atoms with Crippen LogP contribution in [0.25, 0.3) is 0 Å². The van der Waals surface area contributed by atoms with E-state index in [1.165, 1.54) is 5.56 Å². The third kappa shape index (κ3) is 5.84. The predicted molar refractivity (Wildman–Crippen MR) is 126 cm³/mol. The van der Waals surface area contributed by atoms with Gasteiger partial charge in [-0.15, -0.1) is 0 Å². The van der Waals surface area contributed by atoms with Gasteiger partial charge in [0.1, 0.15) is 5.75 Å². The number of piperidine rings is 1. The summed E-state index contributed by atoms with van der Waals surface area (Å²) in [5.41, 5.74) is 1.90. The molecule has 2 heterocycles. The van der Waals surface area contributed by atoms with Crippen molar-refractivity contribution in [2.75, 3.05) is 24.5 Å². The van der Waals surface area contributed by atoms with Crippen LogP contribution in [0.15, 0.2) is 67.0 Å². The number of aryl methyl sites for hydroxylation is 1. The number of carbonyl (C=O) groups excluding carboxylic acids is 1. The van der Waals surface area contributed by atoms with E-state index in [4.69, 9.17) is 4.74 Å². The Kier molecular flexibility index (Phi) is 7.33. The molecular formula is C26H30N4O2. The van der Waals surface area contributed by atoms with Crippen molar-refractivity contribution in [2.45, 2.75) is 32.6 Å². The van der Waals surface area contributed by atoms with Gasteiger partial charge >= 0.3 is 0 Å². The van der Waals surface area contributed by atoms with E-state index in [1.54, 1.807) is 36.7 Å². The summed E-state index contributed by atoms with van der Waals surface area (Å²) in [6, 6.07) is 17.5. The Labute approximate surface area is 189 Å². The number of aromatic nitrogens is 2. The molecule has 1 N–H and O–H groups in total. The highest BCUT2D eigenvalue weighted by molar-refractivity contribution is 5.94. The van der Waals surface area contributed by atoms with Crippen molar-refractivity contribution in [3.05, 3.63) is 78.1 Å². The summed E-state index contributed by atoms with van der Waals surface area (Å²) in [4.78, 5) is 23.6. The Bertz CT molecular complexity index is 1000. The molecule has 1 aliphatic heterocycles. The summed E-state index contributed by atoms with van der Waals surface area (Å²) < 4.78 is 6.02. The van der Waals surface area contributed by atoms with E-state index in [9.17, 15) is 4.79 Å². The van der Waals surface area contributed by atoms with Crippen molar-refractivity contribution in [3.63, 3.8) is 0 Å². The highest BCUT2D eigenvalue weighted by Crippen LogP contribution is 2.30. The molecule has 1 aromatic heterocycles. The number of nitrogens with zero attached hydrogens (tertiary/aromatic N) is 3. The van der Waals surface area contributed by atoms with E-state index >= 15 is 0 Å². The zero-order chi connectivity index (χ0) is 22.2. The standard InChI is InChI=1S/C26H30N4O2/c1-20-13-18-30(19-14-20)24-26(29-17-16-27-24)32-23-11-9-22(10-12-23)25(31)28-15-5-8-21-6-3-2-4-7-21/h2-4,6-7,9-12,16-17,20H,5,8,13-15,18-19H2,1H3,(H,28,31). The molecule has 6 nitrogen and oxygen atoms in total. The first kappa shape index (κ1) is 21.8. The number of ether oxygens (including phenoxy) is 1. The van der Waals surface area contributed by atoms with Gasteiger partial charge in [0, 0.05) is 37.6 Å². The molecular weight excluding hydrogens is 400 g/mol. The van der Waals surface area contributed by atoms with Gasteiger partial charge in [-0.1, -0.05) is 37.3 Å². The molecule has 0 spiro atoms. The molecule has 1 saturated heterocycles. The molecule has 0 unspecified atom stereocenters. The van der Waals surface area contributed by atoms with Gasteiger partial charge in [-0.25, -0.2) is 9.97 Å².